The van der Waals surface area contributed by atoms with Crippen LogP contribution in [0.4, 0.5) is 0 Å². The molecule has 1 N–H and O–H groups in total. The number of amides is 2. The SMILES string of the molecule is CCCNC(=O)[C@@H](Cc1ccccc1)N(Cc1cccc(C)c1)C(=O)COc1ccc(Cl)cc1Cl. The summed E-state index contributed by atoms with van der Waals surface area (Å²) in [7, 11) is 0. The minimum Gasteiger partial charge on any atom is -0.482 e. The number of hydrogen-bond acceptors (Lipinski definition) is 3. The van der Waals surface area contributed by atoms with Gasteiger partial charge in [-0.25, -0.2) is 0 Å². The second-order valence-corrected chi connectivity index (χ2v) is 9.21. The molecule has 0 fully saturated rings. The standard InChI is InChI=1S/C28H30Cl2N2O3/c1-3-14-31-28(34)25(16-21-9-5-4-6-10-21)32(18-22-11-7-8-20(2)15-22)27(33)19-35-26-13-12-23(29)17-24(26)30/h4-13,15,17,25H,3,14,16,18-19H2,1-2H3,(H,31,34)/t25-/m1/s1. The first-order valence-corrected chi connectivity index (χ1v) is 12.4. The molecule has 0 saturated heterocycles. The maximum absolute atomic E-state index is 13.5. The highest BCUT2D eigenvalue weighted by molar-refractivity contribution is 6.35. The molecule has 0 heterocycles. The number of nitrogens with zero attached hydrogens (tertiary/aromatic N) is 1. The van der Waals surface area contributed by atoms with Gasteiger partial charge in [-0.2, -0.15) is 0 Å². The molecule has 0 unspecified atom stereocenters. The number of aryl methyl sites for hydroxylation is 1. The maximum atomic E-state index is 13.5. The number of hydrogen-bond donors (Lipinski definition) is 1. The Kier molecular flexibility index (Phi) is 10.0. The first-order chi connectivity index (χ1) is 16.9. The van der Waals surface area contributed by atoms with Crippen LogP contribution in [0.15, 0.2) is 72.8 Å². The van der Waals surface area contributed by atoms with E-state index in [0.29, 0.717) is 28.8 Å². The van der Waals surface area contributed by atoms with Gasteiger partial charge >= 0.3 is 0 Å². The van der Waals surface area contributed by atoms with Gasteiger partial charge in [0, 0.05) is 24.5 Å². The smallest absolute Gasteiger partial charge is 0.261 e. The summed E-state index contributed by atoms with van der Waals surface area (Å²) in [6.45, 7) is 4.53. The van der Waals surface area contributed by atoms with Crippen LogP contribution in [0.1, 0.15) is 30.0 Å². The Hall–Kier alpha value is -3.02. The average Bonchev–Trinajstić information content (AvgIpc) is 2.84. The number of carbonyl (C=O) groups is 2. The lowest BCUT2D eigenvalue weighted by Gasteiger charge is -2.31. The molecule has 0 aliphatic rings. The summed E-state index contributed by atoms with van der Waals surface area (Å²) in [4.78, 5) is 28.4. The van der Waals surface area contributed by atoms with Crippen LogP contribution in [0.3, 0.4) is 0 Å². The predicted molar refractivity (Wildman–Crippen MR) is 141 cm³/mol. The minimum atomic E-state index is -0.707. The molecule has 0 spiro atoms. The molecule has 0 aliphatic heterocycles. The van der Waals surface area contributed by atoms with E-state index in [9.17, 15) is 9.59 Å². The van der Waals surface area contributed by atoms with Gasteiger partial charge in [-0.1, -0.05) is 90.3 Å². The van der Waals surface area contributed by atoms with Crippen LogP contribution in [-0.2, 0) is 22.6 Å². The van der Waals surface area contributed by atoms with Crippen LogP contribution in [0, 0.1) is 6.92 Å². The number of nitrogens with one attached hydrogen (secondary N) is 1. The van der Waals surface area contributed by atoms with Crippen LogP contribution in [0.2, 0.25) is 10.0 Å². The van der Waals surface area contributed by atoms with Crippen molar-refractivity contribution < 1.29 is 14.3 Å². The third kappa shape index (κ3) is 8.01. The summed E-state index contributed by atoms with van der Waals surface area (Å²) in [5.74, 6) is -0.152. The van der Waals surface area contributed by atoms with Crippen LogP contribution in [0.25, 0.3) is 0 Å². The molecule has 0 saturated carbocycles. The van der Waals surface area contributed by atoms with Crippen molar-refractivity contribution in [3.05, 3.63) is 99.5 Å². The number of carbonyl (C=O) groups excluding carboxylic acids is 2. The molecule has 2 amide bonds. The highest BCUT2D eigenvalue weighted by Crippen LogP contribution is 2.27. The van der Waals surface area contributed by atoms with Crippen molar-refractivity contribution in [3.8, 4) is 5.75 Å². The fourth-order valence-corrected chi connectivity index (χ4v) is 4.20. The van der Waals surface area contributed by atoms with Gasteiger partial charge in [-0.15, -0.1) is 0 Å². The van der Waals surface area contributed by atoms with Crippen LogP contribution >= 0.6 is 23.2 Å². The molecule has 1 atom stereocenters. The number of halogens is 2. The zero-order valence-corrected chi connectivity index (χ0v) is 21.5. The van der Waals surface area contributed by atoms with Gasteiger partial charge in [0.05, 0.1) is 5.02 Å². The van der Waals surface area contributed by atoms with Crippen molar-refractivity contribution in [3.63, 3.8) is 0 Å². The lowest BCUT2D eigenvalue weighted by molar-refractivity contribution is -0.142. The van der Waals surface area contributed by atoms with Crippen molar-refractivity contribution in [1.29, 1.82) is 0 Å². The third-order valence-corrected chi connectivity index (χ3v) is 6.03. The van der Waals surface area contributed by atoms with E-state index in [2.05, 4.69) is 5.32 Å². The van der Waals surface area contributed by atoms with Gasteiger partial charge in [0.25, 0.3) is 5.91 Å². The van der Waals surface area contributed by atoms with Gasteiger partial charge in [0.2, 0.25) is 5.91 Å². The largest absolute Gasteiger partial charge is 0.482 e. The minimum absolute atomic E-state index is 0.193. The summed E-state index contributed by atoms with van der Waals surface area (Å²) in [5.41, 5.74) is 2.98. The number of benzene rings is 3. The van der Waals surface area contributed by atoms with Crippen molar-refractivity contribution in [2.75, 3.05) is 13.2 Å². The van der Waals surface area contributed by atoms with E-state index in [0.717, 1.165) is 23.1 Å². The van der Waals surface area contributed by atoms with Gasteiger partial charge < -0.3 is 15.0 Å². The second kappa shape index (κ2) is 13.2. The third-order valence-electron chi connectivity index (χ3n) is 5.50. The lowest BCUT2D eigenvalue weighted by atomic mass is 10.0. The Morgan fingerprint density at radius 1 is 0.971 bits per heavy atom. The fraction of sp³-hybridized carbons (Fsp3) is 0.286. The Balaban J connectivity index is 1.90. The summed E-state index contributed by atoms with van der Waals surface area (Å²) in [5, 5.41) is 3.76. The summed E-state index contributed by atoms with van der Waals surface area (Å²) in [6.07, 6.45) is 1.18. The molecule has 0 aromatic heterocycles. The Labute approximate surface area is 217 Å². The zero-order chi connectivity index (χ0) is 25.2. The quantitative estimate of drug-likeness (QED) is 0.350. The van der Waals surface area contributed by atoms with Crippen molar-refractivity contribution in [2.24, 2.45) is 0 Å². The highest BCUT2D eigenvalue weighted by atomic mass is 35.5. The molecular weight excluding hydrogens is 483 g/mol. The van der Waals surface area contributed by atoms with E-state index < -0.39 is 6.04 Å². The zero-order valence-electron chi connectivity index (χ0n) is 20.0. The number of ether oxygens (including phenoxy) is 1. The average molecular weight is 513 g/mol. The molecule has 5 nitrogen and oxygen atoms in total. The first-order valence-electron chi connectivity index (χ1n) is 11.6. The molecule has 0 radical (unpaired) electrons. The van der Waals surface area contributed by atoms with Gasteiger partial charge in [-0.3, -0.25) is 9.59 Å². The number of rotatable bonds is 11. The Bertz CT molecular complexity index is 1140. The molecule has 3 rings (SSSR count). The first kappa shape index (κ1) is 26.6. The lowest BCUT2D eigenvalue weighted by Crippen LogP contribution is -2.51. The molecule has 0 aliphatic carbocycles. The van der Waals surface area contributed by atoms with Gasteiger partial charge in [0.1, 0.15) is 11.8 Å². The highest BCUT2D eigenvalue weighted by Gasteiger charge is 2.30. The van der Waals surface area contributed by atoms with E-state index in [1.165, 1.54) is 0 Å². The molecule has 184 valence electrons. The molecule has 35 heavy (non-hydrogen) atoms. The Morgan fingerprint density at radius 2 is 1.71 bits per heavy atom. The van der Waals surface area contributed by atoms with Gasteiger partial charge in [-0.05, 0) is 42.7 Å². The Morgan fingerprint density at radius 3 is 2.40 bits per heavy atom. The maximum Gasteiger partial charge on any atom is 0.261 e. The van der Waals surface area contributed by atoms with Gasteiger partial charge in [0.15, 0.2) is 6.61 Å². The monoisotopic (exact) mass is 512 g/mol. The normalized spacial score (nSPS) is 11.5. The molecule has 7 heteroatoms. The predicted octanol–water partition coefficient (Wildman–Crippen LogP) is 5.85. The molecule has 0 bridgehead atoms. The van der Waals surface area contributed by atoms with Crippen LogP contribution < -0.4 is 10.1 Å². The summed E-state index contributed by atoms with van der Waals surface area (Å²) in [6, 6.07) is 21.7. The topological polar surface area (TPSA) is 58.6 Å². The van der Waals surface area contributed by atoms with E-state index in [4.69, 9.17) is 27.9 Å². The van der Waals surface area contributed by atoms with Crippen LogP contribution in [-0.4, -0.2) is 35.9 Å². The van der Waals surface area contributed by atoms with Crippen LogP contribution in [0.5, 0.6) is 5.75 Å². The van der Waals surface area contributed by atoms with E-state index in [-0.39, 0.29) is 25.0 Å². The van der Waals surface area contributed by atoms with E-state index in [1.807, 2.05) is 68.4 Å². The molecule has 3 aromatic rings. The fourth-order valence-electron chi connectivity index (χ4n) is 3.74. The van der Waals surface area contributed by atoms with Crippen molar-refractivity contribution >= 4 is 35.0 Å². The van der Waals surface area contributed by atoms with E-state index in [1.54, 1.807) is 23.1 Å². The summed E-state index contributed by atoms with van der Waals surface area (Å²) >= 11 is 12.2. The van der Waals surface area contributed by atoms with E-state index >= 15 is 0 Å². The molecular formula is C28H30Cl2N2O3. The van der Waals surface area contributed by atoms with Crippen molar-refractivity contribution in [2.45, 2.75) is 39.3 Å². The summed E-state index contributed by atoms with van der Waals surface area (Å²) < 4.78 is 5.74. The van der Waals surface area contributed by atoms with Crippen molar-refractivity contribution in [1.82, 2.24) is 10.2 Å². The second-order valence-electron chi connectivity index (χ2n) is 8.37. The molecule has 3 aromatic carbocycles.